The number of aromatic nitrogens is 2. The van der Waals surface area contributed by atoms with Gasteiger partial charge in [-0.3, -0.25) is 0 Å². The van der Waals surface area contributed by atoms with Crippen LogP contribution in [0, 0.1) is 0 Å². The SMILES string of the molecule is Brc1ccc(-c2ccc(-c3nc(-c4ccccc4)c4ccccc4n3)cc2)cc1. The summed E-state index contributed by atoms with van der Waals surface area (Å²) in [7, 11) is 0. The minimum Gasteiger partial charge on any atom is -0.228 e. The van der Waals surface area contributed by atoms with E-state index in [1.807, 2.05) is 36.4 Å². The number of benzene rings is 4. The van der Waals surface area contributed by atoms with Crippen LogP contribution in [0.1, 0.15) is 0 Å². The number of fused-ring (bicyclic) bond motifs is 1. The summed E-state index contributed by atoms with van der Waals surface area (Å²) in [6.45, 7) is 0. The predicted octanol–water partition coefficient (Wildman–Crippen LogP) is 7.39. The summed E-state index contributed by atoms with van der Waals surface area (Å²) in [4.78, 5) is 9.77. The molecule has 29 heavy (non-hydrogen) atoms. The Kier molecular flexibility index (Phi) is 4.66. The number of hydrogen-bond acceptors (Lipinski definition) is 2. The van der Waals surface area contributed by atoms with E-state index in [9.17, 15) is 0 Å². The molecule has 0 N–H and O–H groups in total. The Morgan fingerprint density at radius 1 is 0.483 bits per heavy atom. The average molecular weight is 437 g/mol. The summed E-state index contributed by atoms with van der Waals surface area (Å²) in [6, 6.07) is 35.2. The van der Waals surface area contributed by atoms with Gasteiger partial charge in [0, 0.05) is 21.0 Å². The van der Waals surface area contributed by atoms with Crippen molar-refractivity contribution in [3.05, 3.63) is 108 Å². The van der Waals surface area contributed by atoms with Gasteiger partial charge in [-0.2, -0.15) is 0 Å². The first kappa shape index (κ1) is 17.8. The molecule has 0 unspecified atom stereocenters. The van der Waals surface area contributed by atoms with Crippen molar-refractivity contribution < 1.29 is 0 Å². The molecule has 1 aromatic heterocycles. The molecule has 1 heterocycles. The molecule has 0 aliphatic carbocycles. The second-order valence-corrected chi connectivity index (χ2v) is 7.78. The maximum absolute atomic E-state index is 4.94. The average Bonchev–Trinajstić information content (AvgIpc) is 2.79. The molecule has 3 heteroatoms. The fourth-order valence-electron chi connectivity index (χ4n) is 3.48. The van der Waals surface area contributed by atoms with Crippen molar-refractivity contribution in [3.63, 3.8) is 0 Å². The Morgan fingerprint density at radius 3 is 1.79 bits per heavy atom. The topological polar surface area (TPSA) is 25.8 Å². The summed E-state index contributed by atoms with van der Waals surface area (Å²) in [5, 5.41) is 1.06. The Labute approximate surface area is 178 Å². The van der Waals surface area contributed by atoms with E-state index in [1.165, 1.54) is 11.1 Å². The Bertz CT molecular complexity index is 1280. The van der Waals surface area contributed by atoms with E-state index in [2.05, 4.69) is 82.7 Å². The number of hydrogen-bond donors (Lipinski definition) is 0. The zero-order valence-corrected chi connectivity index (χ0v) is 17.2. The minimum absolute atomic E-state index is 0.741. The first-order valence-electron chi connectivity index (χ1n) is 9.46. The van der Waals surface area contributed by atoms with Gasteiger partial charge in [-0.15, -0.1) is 0 Å². The molecule has 0 aliphatic heterocycles. The van der Waals surface area contributed by atoms with Crippen molar-refractivity contribution in [3.8, 4) is 33.8 Å². The number of nitrogens with zero attached hydrogens (tertiary/aromatic N) is 2. The molecular weight excluding hydrogens is 420 g/mol. The highest BCUT2D eigenvalue weighted by atomic mass is 79.9. The van der Waals surface area contributed by atoms with Gasteiger partial charge < -0.3 is 0 Å². The second-order valence-electron chi connectivity index (χ2n) is 6.86. The van der Waals surface area contributed by atoms with Crippen LogP contribution < -0.4 is 0 Å². The molecule has 0 amide bonds. The van der Waals surface area contributed by atoms with Crippen LogP contribution >= 0.6 is 15.9 Å². The second kappa shape index (κ2) is 7.61. The lowest BCUT2D eigenvalue weighted by molar-refractivity contribution is 1.23. The molecule has 5 rings (SSSR count). The van der Waals surface area contributed by atoms with Crippen LogP contribution in [0.3, 0.4) is 0 Å². The van der Waals surface area contributed by atoms with Gasteiger partial charge in [0.1, 0.15) is 0 Å². The molecule has 5 aromatic rings. The molecule has 0 fully saturated rings. The van der Waals surface area contributed by atoms with Crippen LogP contribution in [0.15, 0.2) is 108 Å². The van der Waals surface area contributed by atoms with Crippen molar-refractivity contribution in [2.75, 3.05) is 0 Å². The summed E-state index contributed by atoms with van der Waals surface area (Å²) < 4.78 is 1.08. The van der Waals surface area contributed by atoms with Gasteiger partial charge in [-0.25, -0.2) is 9.97 Å². The minimum atomic E-state index is 0.741. The van der Waals surface area contributed by atoms with Gasteiger partial charge in [0.05, 0.1) is 11.2 Å². The Balaban J connectivity index is 1.61. The third kappa shape index (κ3) is 3.57. The van der Waals surface area contributed by atoms with Gasteiger partial charge in [0.2, 0.25) is 0 Å². The van der Waals surface area contributed by atoms with Crippen LogP contribution in [0.25, 0.3) is 44.7 Å². The van der Waals surface area contributed by atoms with Crippen molar-refractivity contribution in [1.29, 1.82) is 0 Å². The third-order valence-corrected chi connectivity index (χ3v) is 5.50. The quantitative estimate of drug-likeness (QED) is 0.294. The van der Waals surface area contributed by atoms with Crippen LogP contribution in [-0.4, -0.2) is 9.97 Å². The monoisotopic (exact) mass is 436 g/mol. The Morgan fingerprint density at radius 2 is 1.07 bits per heavy atom. The lowest BCUT2D eigenvalue weighted by Crippen LogP contribution is -1.95. The summed E-state index contributed by atoms with van der Waals surface area (Å²) in [5.41, 5.74) is 6.37. The lowest BCUT2D eigenvalue weighted by atomic mass is 10.0. The zero-order chi connectivity index (χ0) is 19.6. The molecule has 0 radical (unpaired) electrons. The zero-order valence-electron chi connectivity index (χ0n) is 15.6. The van der Waals surface area contributed by atoms with E-state index in [4.69, 9.17) is 9.97 Å². The van der Waals surface area contributed by atoms with E-state index in [1.54, 1.807) is 0 Å². The van der Waals surface area contributed by atoms with E-state index in [0.29, 0.717) is 0 Å². The number of halogens is 1. The molecule has 4 aromatic carbocycles. The standard InChI is InChI=1S/C26H17BrN2/c27-22-16-14-19(15-17-22)18-10-12-21(13-11-18)26-28-24-9-5-4-8-23(24)25(29-26)20-6-2-1-3-7-20/h1-17H. The molecule has 2 nitrogen and oxygen atoms in total. The first-order chi connectivity index (χ1) is 14.3. The summed E-state index contributed by atoms with van der Waals surface area (Å²) in [5.74, 6) is 0.741. The van der Waals surface area contributed by atoms with Crippen LogP contribution in [0.5, 0.6) is 0 Å². The maximum atomic E-state index is 4.94. The highest BCUT2D eigenvalue weighted by molar-refractivity contribution is 9.10. The third-order valence-electron chi connectivity index (χ3n) is 4.97. The highest BCUT2D eigenvalue weighted by Crippen LogP contribution is 2.30. The Hall–Kier alpha value is -3.30. The van der Waals surface area contributed by atoms with Crippen LogP contribution in [0.2, 0.25) is 0 Å². The van der Waals surface area contributed by atoms with E-state index >= 15 is 0 Å². The fourth-order valence-corrected chi connectivity index (χ4v) is 3.74. The molecule has 0 saturated heterocycles. The van der Waals surface area contributed by atoms with Gasteiger partial charge in [0.15, 0.2) is 5.82 Å². The van der Waals surface area contributed by atoms with Crippen molar-refractivity contribution in [2.45, 2.75) is 0 Å². The first-order valence-corrected chi connectivity index (χ1v) is 10.3. The maximum Gasteiger partial charge on any atom is 0.160 e. The van der Waals surface area contributed by atoms with Crippen molar-refractivity contribution in [2.24, 2.45) is 0 Å². The summed E-state index contributed by atoms with van der Waals surface area (Å²) in [6.07, 6.45) is 0. The largest absolute Gasteiger partial charge is 0.228 e. The smallest absolute Gasteiger partial charge is 0.160 e. The molecule has 0 bridgehead atoms. The van der Waals surface area contributed by atoms with E-state index in [0.717, 1.165) is 38.0 Å². The fraction of sp³-hybridized carbons (Fsp3) is 0. The normalized spacial score (nSPS) is 10.9. The van der Waals surface area contributed by atoms with Gasteiger partial charge in [0.25, 0.3) is 0 Å². The lowest BCUT2D eigenvalue weighted by Gasteiger charge is -2.10. The molecular formula is C26H17BrN2. The molecule has 0 saturated carbocycles. The molecule has 0 spiro atoms. The highest BCUT2D eigenvalue weighted by Gasteiger charge is 2.11. The van der Waals surface area contributed by atoms with E-state index < -0.39 is 0 Å². The molecule has 0 aliphatic rings. The van der Waals surface area contributed by atoms with Crippen molar-refractivity contribution in [1.82, 2.24) is 9.97 Å². The van der Waals surface area contributed by atoms with Crippen molar-refractivity contribution >= 4 is 26.8 Å². The van der Waals surface area contributed by atoms with Gasteiger partial charge in [-0.05, 0) is 29.3 Å². The van der Waals surface area contributed by atoms with Crippen LogP contribution in [0.4, 0.5) is 0 Å². The number of rotatable bonds is 3. The van der Waals surface area contributed by atoms with Gasteiger partial charge in [-0.1, -0.05) is 101 Å². The van der Waals surface area contributed by atoms with E-state index in [-0.39, 0.29) is 0 Å². The van der Waals surface area contributed by atoms with Crippen LogP contribution in [-0.2, 0) is 0 Å². The molecule has 0 atom stereocenters. The summed E-state index contributed by atoms with van der Waals surface area (Å²) >= 11 is 3.49. The predicted molar refractivity (Wildman–Crippen MR) is 124 cm³/mol. The molecule has 138 valence electrons. The number of para-hydroxylation sites is 1. The van der Waals surface area contributed by atoms with Gasteiger partial charge >= 0.3 is 0 Å².